The smallest absolute Gasteiger partial charge is 0.310 e. The Bertz CT molecular complexity index is 438. The summed E-state index contributed by atoms with van der Waals surface area (Å²) in [6.45, 7) is 1.74. The van der Waals surface area contributed by atoms with Gasteiger partial charge in [0.1, 0.15) is 11.5 Å². The van der Waals surface area contributed by atoms with Crippen molar-refractivity contribution in [2.75, 3.05) is 13.7 Å². The van der Waals surface area contributed by atoms with Crippen LogP contribution in [0.4, 0.5) is 13.2 Å². The van der Waals surface area contributed by atoms with Crippen LogP contribution < -0.4 is 4.74 Å². The minimum Gasteiger partial charge on any atom is -0.481 e. The molecule has 0 radical (unpaired) electrons. The number of carbonyl (C=O) groups excluding carboxylic acids is 1. The lowest BCUT2D eigenvalue weighted by atomic mass is 10.1. The SMILES string of the molecule is CCOC(=O)Cc1c(F)cc(C(F)F)nc1OC. The number of ether oxygens (including phenoxy) is 2. The number of hydrogen-bond acceptors (Lipinski definition) is 4. The third-order valence-corrected chi connectivity index (χ3v) is 2.10. The number of halogens is 3. The van der Waals surface area contributed by atoms with E-state index < -0.39 is 30.3 Å². The molecular weight excluding hydrogens is 251 g/mol. The van der Waals surface area contributed by atoms with E-state index in [4.69, 9.17) is 4.74 Å². The molecule has 1 aromatic heterocycles. The molecule has 0 fully saturated rings. The number of esters is 1. The van der Waals surface area contributed by atoms with E-state index in [1.165, 1.54) is 0 Å². The van der Waals surface area contributed by atoms with Gasteiger partial charge < -0.3 is 9.47 Å². The molecule has 1 rings (SSSR count). The molecule has 0 aliphatic carbocycles. The number of methoxy groups -OCH3 is 1. The van der Waals surface area contributed by atoms with Crippen LogP contribution in [0.5, 0.6) is 5.88 Å². The van der Waals surface area contributed by atoms with Gasteiger partial charge >= 0.3 is 5.97 Å². The van der Waals surface area contributed by atoms with Gasteiger partial charge in [0.2, 0.25) is 5.88 Å². The topological polar surface area (TPSA) is 48.4 Å². The van der Waals surface area contributed by atoms with Crippen molar-refractivity contribution in [2.24, 2.45) is 0 Å². The predicted molar refractivity (Wildman–Crippen MR) is 56.0 cm³/mol. The fourth-order valence-electron chi connectivity index (χ4n) is 1.33. The lowest BCUT2D eigenvalue weighted by Gasteiger charge is -2.10. The molecular formula is C11H12F3NO3. The van der Waals surface area contributed by atoms with Crippen molar-refractivity contribution in [3.63, 3.8) is 0 Å². The van der Waals surface area contributed by atoms with Crippen LogP contribution >= 0.6 is 0 Å². The molecule has 1 aromatic rings. The number of aromatic nitrogens is 1. The highest BCUT2D eigenvalue weighted by molar-refractivity contribution is 5.73. The number of pyridine rings is 1. The second-order valence-electron chi connectivity index (χ2n) is 3.30. The number of carbonyl (C=O) groups is 1. The third-order valence-electron chi connectivity index (χ3n) is 2.10. The van der Waals surface area contributed by atoms with Crippen molar-refractivity contribution < 1.29 is 27.4 Å². The largest absolute Gasteiger partial charge is 0.481 e. The lowest BCUT2D eigenvalue weighted by Crippen LogP contribution is -2.11. The van der Waals surface area contributed by atoms with E-state index in [1.54, 1.807) is 6.92 Å². The number of nitrogens with zero attached hydrogens (tertiary/aromatic N) is 1. The molecule has 7 heteroatoms. The van der Waals surface area contributed by atoms with E-state index in [0.717, 1.165) is 7.11 Å². The van der Waals surface area contributed by atoms with Crippen molar-refractivity contribution in [1.29, 1.82) is 0 Å². The molecule has 0 bridgehead atoms. The zero-order valence-corrected chi connectivity index (χ0v) is 9.87. The van der Waals surface area contributed by atoms with Gasteiger partial charge in [-0.3, -0.25) is 4.79 Å². The molecule has 0 aliphatic rings. The molecule has 0 unspecified atom stereocenters. The average molecular weight is 263 g/mol. The Hall–Kier alpha value is -1.79. The first kappa shape index (κ1) is 14.3. The van der Waals surface area contributed by atoms with Crippen LogP contribution in [-0.2, 0) is 16.0 Å². The first-order chi connectivity index (χ1) is 8.49. The highest BCUT2D eigenvalue weighted by atomic mass is 19.3. The third kappa shape index (κ3) is 3.35. The quantitative estimate of drug-likeness (QED) is 0.765. The van der Waals surface area contributed by atoms with Crippen LogP contribution in [0.1, 0.15) is 24.6 Å². The van der Waals surface area contributed by atoms with Crippen molar-refractivity contribution >= 4 is 5.97 Å². The molecule has 100 valence electrons. The van der Waals surface area contributed by atoms with Crippen LogP contribution in [0.3, 0.4) is 0 Å². The lowest BCUT2D eigenvalue weighted by molar-refractivity contribution is -0.142. The number of hydrogen-bond donors (Lipinski definition) is 0. The molecule has 4 nitrogen and oxygen atoms in total. The Morgan fingerprint density at radius 2 is 2.17 bits per heavy atom. The van der Waals surface area contributed by atoms with Gasteiger partial charge in [-0.15, -0.1) is 0 Å². The van der Waals surface area contributed by atoms with E-state index in [0.29, 0.717) is 6.07 Å². The van der Waals surface area contributed by atoms with Crippen molar-refractivity contribution in [2.45, 2.75) is 19.8 Å². The molecule has 0 aliphatic heterocycles. The van der Waals surface area contributed by atoms with Gasteiger partial charge in [-0.2, -0.15) is 0 Å². The summed E-state index contributed by atoms with van der Waals surface area (Å²) < 4.78 is 47.7. The van der Waals surface area contributed by atoms with Crippen LogP contribution in [-0.4, -0.2) is 24.7 Å². The number of rotatable bonds is 5. The van der Waals surface area contributed by atoms with E-state index in [-0.39, 0.29) is 18.1 Å². The Kier molecular flexibility index (Phi) is 4.94. The predicted octanol–water partition coefficient (Wildman–Crippen LogP) is 2.27. The Labute approximate surface area is 102 Å². The summed E-state index contributed by atoms with van der Waals surface area (Å²) in [5, 5.41) is 0. The summed E-state index contributed by atoms with van der Waals surface area (Å²) in [5.41, 5.74) is -0.933. The summed E-state index contributed by atoms with van der Waals surface area (Å²) in [6, 6.07) is 0.585. The van der Waals surface area contributed by atoms with Crippen LogP contribution in [0.2, 0.25) is 0 Å². The van der Waals surface area contributed by atoms with Crippen molar-refractivity contribution in [1.82, 2.24) is 4.98 Å². The second kappa shape index (κ2) is 6.23. The molecule has 18 heavy (non-hydrogen) atoms. The van der Waals surface area contributed by atoms with Gasteiger partial charge in [-0.25, -0.2) is 18.2 Å². The Balaban J connectivity index is 3.07. The highest BCUT2D eigenvalue weighted by Gasteiger charge is 2.20. The maximum Gasteiger partial charge on any atom is 0.310 e. The Morgan fingerprint density at radius 1 is 1.50 bits per heavy atom. The molecule has 0 saturated heterocycles. The van der Waals surface area contributed by atoms with E-state index >= 15 is 0 Å². The molecule has 0 atom stereocenters. The van der Waals surface area contributed by atoms with Crippen LogP contribution in [0.25, 0.3) is 0 Å². The van der Waals surface area contributed by atoms with Gasteiger partial charge in [0.15, 0.2) is 0 Å². The minimum atomic E-state index is -2.91. The molecule has 0 aromatic carbocycles. The van der Waals surface area contributed by atoms with Crippen LogP contribution in [0, 0.1) is 5.82 Å². The van der Waals surface area contributed by atoms with Crippen molar-refractivity contribution in [3.8, 4) is 5.88 Å². The summed E-state index contributed by atoms with van der Waals surface area (Å²) in [6.07, 6.45) is -3.33. The summed E-state index contributed by atoms with van der Waals surface area (Å²) in [4.78, 5) is 14.7. The summed E-state index contributed by atoms with van der Waals surface area (Å²) in [5.74, 6) is -1.98. The maximum absolute atomic E-state index is 13.6. The molecule has 0 spiro atoms. The molecule has 0 N–H and O–H groups in total. The van der Waals surface area contributed by atoms with Gasteiger partial charge in [-0.1, -0.05) is 0 Å². The second-order valence-corrected chi connectivity index (χ2v) is 3.30. The molecule has 0 saturated carbocycles. The number of alkyl halides is 2. The van der Waals surface area contributed by atoms with Gasteiger partial charge in [0, 0.05) is 6.07 Å². The minimum absolute atomic E-state index is 0.144. The van der Waals surface area contributed by atoms with E-state index in [9.17, 15) is 18.0 Å². The fraction of sp³-hybridized carbons (Fsp3) is 0.455. The van der Waals surface area contributed by atoms with Crippen molar-refractivity contribution in [3.05, 3.63) is 23.1 Å². The van der Waals surface area contributed by atoms with E-state index in [2.05, 4.69) is 9.72 Å². The standard InChI is InChI=1S/C11H12F3NO3/c1-3-18-9(16)4-6-7(12)5-8(10(13)14)15-11(6)17-2/h5,10H,3-4H2,1-2H3. The highest BCUT2D eigenvalue weighted by Crippen LogP contribution is 2.26. The zero-order valence-electron chi connectivity index (χ0n) is 9.87. The summed E-state index contributed by atoms with van der Waals surface area (Å²) >= 11 is 0. The maximum atomic E-state index is 13.6. The molecule has 1 heterocycles. The molecule has 0 amide bonds. The normalized spacial score (nSPS) is 10.6. The first-order valence-corrected chi connectivity index (χ1v) is 5.16. The Morgan fingerprint density at radius 3 is 2.67 bits per heavy atom. The summed E-state index contributed by atoms with van der Waals surface area (Å²) in [7, 11) is 1.16. The van der Waals surface area contributed by atoms with Gasteiger partial charge in [0.25, 0.3) is 6.43 Å². The van der Waals surface area contributed by atoms with Crippen LogP contribution in [0.15, 0.2) is 6.07 Å². The van der Waals surface area contributed by atoms with Gasteiger partial charge in [-0.05, 0) is 6.92 Å². The van der Waals surface area contributed by atoms with E-state index in [1.807, 2.05) is 0 Å². The first-order valence-electron chi connectivity index (χ1n) is 5.16. The average Bonchev–Trinajstić information content (AvgIpc) is 2.31. The zero-order chi connectivity index (χ0) is 13.7. The van der Waals surface area contributed by atoms with Gasteiger partial charge in [0.05, 0.1) is 25.7 Å². The fourth-order valence-corrected chi connectivity index (χ4v) is 1.33. The monoisotopic (exact) mass is 263 g/mol.